The molecule has 0 fully saturated rings. The second kappa shape index (κ2) is 16.8. The lowest BCUT2D eigenvalue weighted by atomic mass is 10.0. The van der Waals surface area contributed by atoms with E-state index in [0.29, 0.717) is 38.1 Å². The maximum Gasteiger partial charge on any atom is 0.242 e. The van der Waals surface area contributed by atoms with Gasteiger partial charge in [0.1, 0.15) is 11.9 Å². The molecule has 11 heteroatoms. The van der Waals surface area contributed by atoms with E-state index in [2.05, 4.69) is 21.3 Å². The van der Waals surface area contributed by atoms with Gasteiger partial charge in [0, 0.05) is 32.2 Å². The second-order valence-corrected chi connectivity index (χ2v) is 8.77. The van der Waals surface area contributed by atoms with E-state index < -0.39 is 18.0 Å². The van der Waals surface area contributed by atoms with Gasteiger partial charge in [0.15, 0.2) is 5.78 Å². The van der Waals surface area contributed by atoms with Gasteiger partial charge in [0.05, 0.1) is 11.8 Å². The van der Waals surface area contributed by atoms with Crippen molar-refractivity contribution < 1.29 is 24.0 Å². The van der Waals surface area contributed by atoms with Crippen LogP contribution in [-0.4, -0.2) is 72.0 Å². The minimum atomic E-state index is -0.706. The minimum Gasteiger partial charge on any atom is -0.355 e. The van der Waals surface area contributed by atoms with Crippen molar-refractivity contribution in [2.45, 2.75) is 59.0 Å². The molecule has 9 nitrogen and oxygen atoms in total. The average Bonchev–Trinajstić information content (AvgIpc) is 2.68. The van der Waals surface area contributed by atoms with Gasteiger partial charge in [-0.1, -0.05) is 13.8 Å². The van der Waals surface area contributed by atoms with Crippen LogP contribution in [0.25, 0.3) is 0 Å². The molecule has 0 spiro atoms. The molecule has 0 unspecified atom stereocenters. The summed E-state index contributed by atoms with van der Waals surface area (Å²) >= 11 is 6.75. The van der Waals surface area contributed by atoms with Crippen LogP contribution in [-0.2, 0) is 24.0 Å². The number of thioether (sulfide) groups is 1. The predicted molar refractivity (Wildman–Crippen MR) is 123 cm³/mol. The van der Waals surface area contributed by atoms with Gasteiger partial charge in [0.25, 0.3) is 0 Å². The molecule has 0 saturated heterocycles. The molecule has 0 aliphatic heterocycles. The van der Waals surface area contributed by atoms with Gasteiger partial charge in [0.2, 0.25) is 23.6 Å². The fourth-order valence-corrected chi connectivity index (χ4v) is 3.65. The van der Waals surface area contributed by atoms with E-state index in [9.17, 15) is 24.0 Å². The van der Waals surface area contributed by atoms with Crippen LogP contribution >= 0.6 is 23.4 Å². The summed E-state index contributed by atoms with van der Waals surface area (Å²) in [5.74, 6) is -0.837. The van der Waals surface area contributed by atoms with Crippen molar-refractivity contribution in [2.75, 3.05) is 30.5 Å². The number of hydrogen-bond acceptors (Lipinski definition) is 6. The number of rotatable bonds is 16. The summed E-state index contributed by atoms with van der Waals surface area (Å²) in [6.07, 6.45) is 1.21. The Bertz CT molecular complexity index is 618. The number of carbonyl (C=O) groups is 5. The van der Waals surface area contributed by atoms with E-state index >= 15 is 0 Å². The molecular weight excluding hydrogens is 444 g/mol. The van der Waals surface area contributed by atoms with Crippen molar-refractivity contribution in [2.24, 2.45) is 5.92 Å². The molecule has 0 aromatic carbocycles. The zero-order chi connectivity index (χ0) is 23.8. The zero-order valence-electron chi connectivity index (χ0n) is 18.7. The van der Waals surface area contributed by atoms with E-state index in [1.54, 1.807) is 6.92 Å². The second-order valence-electron chi connectivity index (χ2n) is 7.47. The molecule has 0 aromatic heterocycles. The monoisotopic (exact) mass is 478 g/mol. The van der Waals surface area contributed by atoms with Crippen LogP contribution in [0.4, 0.5) is 0 Å². The molecule has 0 radical (unpaired) electrons. The lowest BCUT2D eigenvalue weighted by Crippen LogP contribution is -2.47. The Hall–Kier alpha value is -1.81. The number of halogens is 1. The summed E-state index contributed by atoms with van der Waals surface area (Å²) in [7, 11) is 0. The lowest BCUT2D eigenvalue weighted by molar-refractivity contribution is -0.128. The van der Waals surface area contributed by atoms with Gasteiger partial charge in [-0.05, 0) is 25.7 Å². The fraction of sp³-hybridized carbons (Fsp3) is 0.750. The Morgan fingerprint density at radius 1 is 0.968 bits per heavy atom. The van der Waals surface area contributed by atoms with E-state index in [0.717, 1.165) is 0 Å². The molecule has 0 saturated carbocycles. The minimum absolute atomic E-state index is 0.0477. The largest absolute Gasteiger partial charge is 0.355 e. The molecule has 31 heavy (non-hydrogen) atoms. The molecule has 0 rings (SSSR count). The quantitative estimate of drug-likeness (QED) is 0.189. The van der Waals surface area contributed by atoms with Gasteiger partial charge in [-0.2, -0.15) is 0 Å². The third-order valence-corrected chi connectivity index (χ3v) is 5.29. The number of ketones is 1. The average molecular weight is 479 g/mol. The smallest absolute Gasteiger partial charge is 0.242 e. The van der Waals surface area contributed by atoms with Gasteiger partial charge >= 0.3 is 0 Å². The first-order valence-electron chi connectivity index (χ1n) is 10.4. The first-order chi connectivity index (χ1) is 14.6. The molecule has 0 aliphatic carbocycles. The molecule has 4 N–H and O–H groups in total. The summed E-state index contributed by atoms with van der Waals surface area (Å²) in [5.41, 5.74) is 0. The number of amides is 4. The van der Waals surface area contributed by atoms with Crippen molar-refractivity contribution in [1.82, 2.24) is 21.3 Å². The van der Waals surface area contributed by atoms with E-state index in [4.69, 9.17) is 11.6 Å². The van der Waals surface area contributed by atoms with Gasteiger partial charge in [-0.15, -0.1) is 23.4 Å². The van der Waals surface area contributed by atoms with Crippen LogP contribution in [0.15, 0.2) is 0 Å². The molecule has 0 bridgehead atoms. The fourth-order valence-electron chi connectivity index (χ4n) is 2.66. The predicted octanol–water partition coefficient (Wildman–Crippen LogP) is 0.596. The highest BCUT2D eigenvalue weighted by Crippen LogP contribution is 2.09. The molecule has 4 amide bonds. The molecule has 178 valence electrons. The van der Waals surface area contributed by atoms with Gasteiger partial charge in [-0.25, -0.2) is 0 Å². The van der Waals surface area contributed by atoms with Crippen molar-refractivity contribution in [3.8, 4) is 0 Å². The zero-order valence-corrected chi connectivity index (χ0v) is 20.3. The van der Waals surface area contributed by atoms with Crippen molar-refractivity contribution in [3.05, 3.63) is 0 Å². The van der Waals surface area contributed by atoms with Crippen LogP contribution in [0.2, 0.25) is 0 Å². The number of alkyl halides is 1. The number of likely N-dealkylation sites (N-methyl/N-ethyl adjacent to an activating group) is 1. The van der Waals surface area contributed by atoms with Crippen molar-refractivity contribution in [1.29, 1.82) is 0 Å². The molecule has 2 atom stereocenters. The van der Waals surface area contributed by atoms with Crippen LogP contribution in [0.3, 0.4) is 0 Å². The first-order valence-corrected chi connectivity index (χ1v) is 12.1. The third-order valence-electron chi connectivity index (χ3n) is 4.01. The molecule has 0 aromatic rings. The Morgan fingerprint density at radius 3 is 2.19 bits per heavy atom. The van der Waals surface area contributed by atoms with Crippen LogP contribution < -0.4 is 21.3 Å². The SMILES string of the molecule is CCNC(=O)[C@H](CCCNC(=O)CSC[C@H](NC(C)=O)C(=O)CC(C)C)NC(=O)CCl. The normalized spacial score (nSPS) is 12.6. The Morgan fingerprint density at radius 2 is 1.65 bits per heavy atom. The topological polar surface area (TPSA) is 133 Å². The molecule has 0 aliphatic rings. The first kappa shape index (κ1) is 29.2. The highest BCUT2D eigenvalue weighted by Gasteiger charge is 2.21. The standard InChI is InChI=1S/C20H35ClN4O5S/c1-5-22-20(30)15(25-18(28)10-21)7-6-8-23-19(29)12-31-11-16(24-14(4)26)17(27)9-13(2)3/h13,15-16H,5-12H2,1-4H3,(H,22,30)(H,23,29)(H,24,26)(H,25,28)/t15-,16-/m0/s1. The van der Waals surface area contributed by atoms with E-state index in [-0.39, 0.29) is 41.1 Å². The lowest BCUT2D eigenvalue weighted by Gasteiger charge is -2.18. The Labute approximate surface area is 193 Å². The highest BCUT2D eigenvalue weighted by molar-refractivity contribution is 8.00. The van der Waals surface area contributed by atoms with E-state index in [1.807, 2.05) is 13.8 Å². The van der Waals surface area contributed by atoms with Crippen molar-refractivity contribution in [3.63, 3.8) is 0 Å². The summed E-state index contributed by atoms with van der Waals surface area (Å²) in [5, 5.41) is 10.6. The van der Waals surface area contributed by atoms with E-state index in [1.165, 1.54) is 18.7 Å². The Kier molecular flexibility index (Phi) is 15.8. The Balaban J connectivity index is 4.35. The number of carbonyl (C=O) groups excluding carboxylic acids is 5. The number of nitrogens with one attached hydrogen (secondary N) is 4. The molecular formula is C20H35ClN4O5S. The molecule has 0 heterocycles. The van der Waals surface area contributed by atoms with Crippen LogP contribution in [0.5, 0.6) is 0 Å². The highest BCUT2D eigenvalue weighted by atomic mass is 35.5. The van der Waals surface area contributed by atoms with Crippen molar-refractivity contribution >= 4 is 52.8 Å². The van der Waals surface area contributed by atoms with Crippen LogP contribution in [0, 0.1) is 5.92 Å². The summed E-state index contributed by atoms with van der Waals surface area (Å²) < 4.78 is 0. The summed E-state index contributed by atoms with van der Waals surface area (Å²) in [4.78, 5) is 59.1. The van der Waals surface area contributed by atoms with Crippen LogP contribution in [0.1, 0.15) is 47.0 Å². The van der Waals surface area contributed by atoms with Gasteiger partial charge < -0.3 is 21.3 Å². The third kappa shape index (κ3) is 14.8. The summed E-state index contributed by atoms with van der Waals surface area (Å²) in [6, 6.07) is -1.32. The maximum atomic E-state index is 12.2. The number of hydrogen-bond donors (Lipinski definition) is 4. The number of Topliss-reactive ketones (excluding diaryl/α,β-unsaturated/α-hetero) is 1. The maximum absolute atomic E-state index is 12.2. The van der Waals surface area contributed by atoms with Gasteiger partial charge in [-0.3, -0.25) is 24.0 Å². The summed E-state index contributed by atoms with van der Waals surface area (Å²) in [6.45, 7) is 7.79.